The Morgan fingerprint density at radius 2 is 1.66 bits per heavy atom. The van der Waals surface area contributed by atoms with Crippen LogP contribution in [-0.2, 0) is 21.2 Å². The minimum Gasteiger partial charge on any atom is -0.326 e. The highest BCUT2D eigenvalue weighted by Crippen LogP contribution is 2.23. The van der Waals surface area contributed by atoms with E-state index in [4.69, 9.17) is 11.6 Å². The van der Waals surface area contributed by atoms with Crippen molar-refractivity contribution in [3.63, 3.8) is 0 Å². The number of sulfonamides is 1. The first-order chi connectivity index (χ1) is 13.8. The van der Waals surface area contributed by atoms with Crippen LogP contribution in [-0.4, -0.2) is 14.3 Å². The number of anilines is 2. The summed E-state index contributed by atoms with van der Waals surface area (Å²) in [4.78, 5) is 12.2. The van der Waals surface area contributed by atoms with Gasteiger partial charge in [-0.3, -0.25) is 9.52 Å². The molecule has 3 rings (SSSR count). The number of rotatable bonds is 7. The number of nitrogens with one attached hydrogen (secondary N) is 2. The molecular formula is C22H21ClN2O3S. The molecule has 3 aromatic rings. The summed E-state index contributed by atoms with van der Waals surface area (Å²) in [5.41, 5.74) is 2.83. The van der Waals surface area contributed by atoms with Crippen molar-refractivity contribution >= 4 is 38.9 Å². The second kappa shape index (κ2) is 9.11. The van der Waals surface area contributed by atoms with E-state index in [1.54, 1.807) is 37.3 Å². The molecule has 0 aliphatic heterocycles. The lowest BCUT2D eigenvalue weighted by atomic mass is 10.1. The Bertz CT molecular complexity index is 1100. The topological polar surface area (TPSA) is 75.3 Å². The molecule has 3 aromatic carbocycles. The van der Waals surface area contributed by atoms with E-state index < -0.39 is 10.0 Å². The van der Waals surface area contributed by atoms with Gasteiger partial charge in [0.15, 0.2) is 0 Å². The van der Waals surface area contributed by atoms with Crippen LogP contribution in [0.4, 0.5) is 11.4 Å². The minimum atomic E-state index is -3.75. The summed E-state index contributed by atoms with van der Waals surface area (Å²) >= 11 is 5.91. The molecule has 0 heterocycles. The van der Waals surface area contributed by atoms with Gasteiger partial charge in [-0.2, -0.15) is 0 Å². The molecular weight excluding hydrogens is 408 g/mol. The molecule has 150 valence electrons. The lowest BCUT2D eigenvalue weighted by Crippen LogP contribution is -2.15. The smallest absolute Gasteiger partial charge is 0.261 e. The first-order valence-electron chi connectivity index (χ1n) is 9.06. The van der Waals surface area contributed by atoms with Gasteiger partial charge in [0.2, 0.25) is 5.91 Å². The summed E-state index contributed by atoms with van der Waals surface area (Å²) in [6.45, 7) is 1.78. The molecule has 0 unspecified atom stereocenters. The highest BCUT2D eigenvalue weighted by atomic mass is 35.5. The summed E-state index contributed by atoms with van der Waals surface area (Å²) in [6, 6.07) is 20.8. The van der Waals surface area contributed by atoms with Crippen LogP contribution < -0.4 is 10.0 Å². The van der Waals surface area contributed by atoms with Gasteiger partial charge in [0, 0.05) is 17.1 Å². The molecule has 1 amide bonds. The Morgan fingerprint density at radius 1 is 0.966 bits per heavy atom. The predicted octanol–water partition coefficient (Wildman–Crippen LogP) is 5.02. The quantitative estimate of drug-likeness (QED) is 0.554. The number of halogens is 1. The van der Waals surface area contributed by atoms with Crippen LogP contribution in [0, 0.1) is 6.92 Å². The van der Waals surface area contributed by atoms with Crippen LogP contribution >= 0.6 is 11.6 Å². The van der Waals surface area contributed by atoms with E-state index in [1.165, 1.54) is 12.1 Å². The Morgan fingerprint density at radius 3 is 2.31 bits per heavy atom. The number of hydrogen-bond donors (Lipinski definition) is 2. The zero-order valence-corrected chi connectivity index (χ0v) is 17.4. The molecule has 5 nitrogen and oxygen atoms in total. The van der Waals surface area contributed by atoms with Crippen molar-refractivity contribution in [1.82, 2.24) is 0 Å². The largest absolute Gasteiger partial charge is 0.326 e. The molecule has 0 atom stereocenters. The fraction of sp³-hybridized carbons (Fsp3) is 0.136. The Balaban J connectivity index is 1.62. The fourth-order valence-electron chi connectivity index (χ4n) is 2.79. The van der Waals surface area contributed by atoms with Crippen LogP contribution in [0.2, 0.25) is 5.02 Å². The summed E-state index contributed by atoms with van der Waals surface area (Å²) in [5.74, 6) is -0.126. The van der Waals surface area contributed by atoms with Gasteiger partial charge in [-0.15, -0.1) is 0 Å². The van der Waals surface area contributed by atoms with Crippen LogP contribution in [0.25, 0.3) is 0 Å². The van der Waals surface area contributed by atoms with Crippen molar-refractivity contribution in [2.24, 2.45) is 0 Å². The Labute approximate surface area is 175 Å². The second-order valence-electron chi connectivity index (χ2n) is 6.62. The van der Waals surface area contributed by atoms with Gasteiger partial charge >= 0.3 is 0 Å². The monoisotopic (exact) mass is 428 g/mol. The molecule has 2 N–H and O–H groups in total. The van der Waals surface area contributed by atoms with E-state index in [2.05, 4.69) is 10.0 Å². The van der Waals surface area contributed by atoms with Crippen molar-refractivity contribution in [2.75, 3.05) is 10.0 Å². The standard InChI is InChI=1S/C22H21ClN2O3S/c1-16-15-18(23)8-13-21(16)25-29(27,28)20-11-9-19(10-12-20)24-22(26)14-7-17-5-3-2-4-6-17/h2-6,8-13,15,25H,7,14H2,1H3,(H,24,26). The first kappa shape index (κ1) is 20.9. The van der Waals surface area contributed by atoms with E-state index in [9.17, 15) is 13.2 Å². The SMILES string of the molecule is Cc1cc(Cl)ccc1NS(=O)(=O)c1ccc(NC(=O)CCc2ccccc2)cc1. The van der Waals surface area contributed by atoms with E-state index >= 15 is 0 Å². The Hall–Kier alpha value is -2.83. The van der Waals surface area contributed by atoms with Crippen LogP contribution in [0.15, 0.2) is 77.7 Å². The van der Waals surface area contributed by atoms with Gasteiger partial charge in [0.1, 0.15) is 0 Å². The van der Waals surface area contributed by atoms with E-state index in [-0.39, 0.29) is 10.8 Å². The normalized spacial score (nSPS) is 11.1. The molecule has 0 saturated heterocycles. The predicted molar refractivity (Wildman–Crippen MR) is 117 cm³/mol. The fourth-order valence-corrected chi connectivity index (χ4v) is 4.15. The van der Waals surface area contributed by atoms with Gasteiger partial charge in [-0.05, 0) is 66.9 Å². The summed E-state index contributed by atoms with van der Waals surface area (Å²) in [5, 5.41) is 3.33. The first-order valence-corrected chi connectivity index (χ1v) is 10.9. The van der Waals surface area contributed by atoms with Crippen molar-refractivity contribution in [3.05, 3.63) is 88.9 Å². The summed E-state index contributed by atoms with van der Waals surface area (Å²) in [7, 11) is -3.75. The zero-order valence-electron chi connectivity index (χ0n) is 15.9. The number of carbonyl (C=O) groups is 1. The minimum absolute atomic E-state index is 0.106. The van der Waals surface area contributed by atoms with Gasteiger partial charge in [-0.1, -0.05) is 41.9 Å². The molecule has 0 aromatic heterocycles. The molecule has 0 spiro atoms. The number of aryl methyl sites for hydroxylation is 2. The number of amides is 1. The molecule has 0 fully saturated rings. The Kier molecular flexibility index (Phi) is 6.56. The third kappa shape index (κ3) is 5.82. The summed E-state index contributed by atoms with van der Waals surface area (Å²) < 4.78 is 27.8. The molecule has 0 aliphatic carbocycles. The molecule has 0 radical (unpaired) electrons. The number of benzene rings is 3. The van der Waals surface area contributed by atoms with E-state index in [1.807, 2.05) is 30.3 Å². The van der Waals surface area contributed by atoms with Crippen LogP contribution in [0.1, 0.15) is 17.5 Å². The van der Waals surface area contributed by atoms with E-state index in [0.29, 0.717) is 29.2 Å². The second-order valence-corrected chi connectivity index (χ2v) is 8.74. The zero-order chi connectivity index (χ0) is 20.9. The van der Waals surface area contributed by atoms with E-state index in [0.717, 1.165) is 11.1 Å². The van der Waals surface area contributed by atoms with Crippen molar-refractivity contribution in [3.8, 4) is 0 Å². The van der Waals surface area contributed by atoms with Gasteiger partial charge in [0.25, 0.3) is 10.0 Å². The molecule has 29 heavy (non-hydrogen) atoms. The third-order valence-electron chi connectivity index (χ3n) is 4.36. The van der Waals surface area contributed by atoms with Crippen LogP contribution in [0.3, 0.4) is 0 Å². The lowest BCUT2D eigenvalue weighted by Gasteiger charge is -2.11. The van der Waals surface area contributed by atoms with Gasteiger partial charge in [-0.25, -0.2) is 8.42 Å². The molecule has 7 heteroatoms. The molecule has 0 aliphatic rings. The van der Waals surface area contributed by atoms with Crippen molar-refractivity contribution in [1.29, 1.82) is 0 Å². The molecule has 0 bridgehead atoms. The molecule has 0 saturated carbocycles. The number of carbonyl (C=O) groups excluding carboxylic acids is 1. The van der Waals surface area contributed by atoms with Gasteiger partial charge in [0.05, 0.1) is 10.6 Å². The highest BCUT2D eigenvalue weighted by molar-refractivity contribution is 7.92. The maximum Gasteiger partial charge on any atom is 0.261 e. The average Bonchev–Trinajstić information content (AvgIpc) is 2.70. The van der Waals surface area contributed by atoms with Gasteiger partial charge < -0.3 is 5.32 Å². The van der Waals surface area contributed by atoms with Crippen molar-refractivity contribution < 1.29 is 13.2 Å². The highest BCUT2D eigenvalue weighted by Gasteiger charge is 2.15. The van der Waals surface area contributed by atoms with Crippen molar-refractivity contribution in [2.45, 2.75) is 24.7 Å². The summed E-state index contributed by atoms with van der Waals surface area (Å²) in [6.07, 6.45) is 0.991. The maximum absolute atomic E-state index is 12.6. The number of hydrogen-bond acceptors (Lipinski definition) is 3. The lowest BCUT2D eigenvalue weighted by molar-refractivity contribution is -0.116. The third-order valence-corrected chi connectivity index (χ3v) is 5.98. The maximum atomic E-state index is 12.6. The average molecular weight is 429 g/mol. The van der Waals surface area contributed by atoms with Crippen LogP contribution in [0.5, 0.6) is 0 Å².